The molecule has 0 aromatic heterocycles. The van der Waals surface area contributed by atoms with Crippen LogP contribution in [0.1, 0.15) is 22.3 Å². The monoisotopic (exact) mass is 395 g/mol. The number of halogens is 1. The molecule has 2 aromatic rings. The van der Waals surface area contributed by atoms with Crippen LogP contribution >= 0.6 is 22.6 Å². The maximum atomic E-state index is 12.0. The van der Waals surface area contributed by atoms with Crippen LogP contribution in [-0.4, -0.2) is 19.6 Å². The van der Waals surface area contributed by atoms with Crippen LogP contribution in [0.25, 0.3) is 0 Å². The molecule has 2 rings (SSSR count). The van der Waals surface area contributed by atoms with E-state index in [0.717, 1.165) is 22.2 Å². The van der Waals surface area contributed by atoms with E-state index in [9.17, 15) is 4.79 Å². The maximum Gasteiger partial charge on any atom is 0.251 e. The Hall–Kier alpha value is -1.56. The van der Waals surface area contributed by atoms with Gasteiger partial charge >= 0.3 is 0 Å². The summed E-state index contributed by atoms with van der Waals surface area (Å²) in [6, 6.07) is 15.6. The molecule has 0 aliphatic rings. The van der Waals surface area contributed by atoms with Gasteiger partial charge in [0, 0.05) is 15.7 Å². The van der Waals surface area contributed by atoms with E-state index in [1.807, 2.05) is 42.5 Å². The normalized spacial score (nSPS) is 10.2. The molecule has 0 atom stereocenters. The first-order valence-corrected chi connectivity index (χ1v) is 7.94. The fourth-order valence-corrected chi connectivity index (χ4v) is 2.67. The van der Waals surface area contributed by atoms with Crippen molar-refractivity contribution in [2.45, 2.75) is 12.8 Å². The lowest BCUT2D eigenvalue weighted by atomic mass is 10.1. The number of rotatable bonds is 6. The van der Waals surface area contributed by atoms with Gasteiger partial charge in [-0.05, 0) is 65.3 Å². The first-order valence-electron chi connectivity index (χ1n) is 6.86. The summed E-state index contributed by atoms with van der Waals surface area (Å²) in [6.45, 7) is 0.655. The summed E-state index contributed by atoms with van der Waals surface area (Å²) in [4.78, 5) is 12.0. The standard InChI is InChI=1S/C17H18INO2/c1-21-16-10-3-2-6-13(16)8-5-11-19-17(20)14-7-4-9-15(18)12-14/h2-4,6-7,9-10,12H,5,8,11H2,1H3,(H,19,20). The second-order valence-electron chi connectivity index (χ2n) is 4.68. The topological polar surface area (TPSA) is 38.3 Å². The first kappa shape index (κ1) is 15.8. The molecule has 21 heavy (non-hydrogen) atoms. The van der Waals surface area contributed by atoms with Gasteiger partial charge in [0.2, 0.25) is 0 Å². The Morgan fingerprint density at radius 3 is 2.76 bits per heavy atom. The first-order chi connectivity index (χ1) is 10.2. The number of para-hydroxylation sites is 1. The summed E-state index contributed by atoms with van der Waals surface area (Å²) < 4.78 is 6.38. The summed E-state index contributed by atoms with van der Waals surface area (Å²) in [7, 11) is 1.68. The molecule has 0 unspecified atom stereocenters. The van der Waals surface area contributed by atoms with Crippen LogP contribution in [0.5, 0.6) is 5.75 Å². The summed E-state index contributed by atoms with van der Waals surface area (Å²) in [6.07, 6.45) is 1.77. The van der Waals surface area contributed by atoms with Gasteiger partial charge in [-0.2, -0.15) is 0 Å². The average molecular weight is 395 g/mol. The van der Waals surface area contributed by atoms with E-state index in [2.05, 4.69) is 34.0 Å². The molecule has 0 aliphatic carbocycles. The van der Waals surface area contributed by atoms with Crippen molar-refractivity contribution in [2.24, 2.45) is 0 Å². The zero-order chi connectivity index (χ0) is 15.1. The Labute approximate surface area is 138 Å². The van der Waals surface area contributed by atoms with Crippen LogP contribution < -0.4 is 10.1 Å². The third kappa shape index (κ3) is 4.74. The molecule has 2 aromatic carbocycles. The fraction of sp³-hybridized carbons (Fsp3) is 0.235. The van der Waals surface area contributed by atoms with Crippen molar-refractivity contribution in [1.29, 1.82) is 0 Å². The number of carbonyl (C=O) groups is 1. The van der Waals surface area contributed by atoms with Gasteiger partial charge < -0.3 is 10.1 Å². The van der Waals surface area contributed by atoms with Crippen molar-refractivity contribution in [3.63, 3.8) is 0 Å². The molecule has 0 radical (unpaired) electrons. The van der Waals surface area contributed by atoms with Gasteiger partial charge in [-0.1, -0.05) is 24.3 Å². The maximum absolute atomic E-state index is 12.0. The van der Waals surface area contributed by atoms with Gasteiger partial charge in [-0.15, -0.1) is 0 Å². The third-order valence-electron chi connectivity index (χ3n) is 3.19. The lowest BCUT2D eigenvalue weighted by Crippen LogP contribution is -2.24. The highest BCUT2D eigenvalue weighted by Crippen LogP contribution is 2.18. The third-order valence-corrected chi connectivity index (χ3v) is 3.86. The highest BCUT2D eigenvalue weighted by atomic mass is 127. The summed E-state index contributed by atoms with van der Waals surface area (Å²) >= 11 is 2.21. The highest BCUT2D eigenvalue weighted by Gasteiger charge is 2.05. The minimum Gasteiger partial charge on any atom is -0.496 e. The minimum atomic E-state index is -0.0199. The number of aryl methyl sites for hydroxylation is 1. The molecule has 0 saturated heterocycles. The van der Waals surface area contributed by atoms with Crippen molar-refractivity contribution in [3.05, 3.63) is 63.2 Å². The Morgan fingerprint density at radius 2 is 2.00 bits per heavy atom. The van der Waals surface area contributed by atoms with E-state index in [-0.39, 0.29) is 5.91 Å². The number of hydrogen-bond donors (Lipinski definition) is 1. The van der Waals surface area contributed by atoms with Gasteiger partial charge in [0.05, 0.1) is 7.11 Å². The largest absolute Gasteiger partial charge is 0.496 e. The van der Waals surface area contributed by atoms with E-state index < -0.39 is 0 Å². The van der Waals surface area contributed by atoms with E-state index >= 15 is 0 Å². The molecule has 0 fully saturated rings. The molecule has 4 heteroatoms. The van der Waals surface area contributed by atoms with Crippen LogP contribution in [0.2, 0.25) is 0 Å². The molecular formula is C17H18INO2. The van der Waals surface area contributed by atoms with Crippen molar-refractivity contribution in [2.75, 3.05) is 13.7 Å². The van der Waals surface area contributed by atoms with E-state index in [1.54, 1.807) is 7.11 Å². The number of amides is 1. The molecule has 0 spiro atoms. The zero-order valence-electron chi connectivity index (χ0n) is 11.9. The molecule has 0 heterocycles. The molecule has 0 aliphatic heterocycles. The molecule has 0 saturated carbocycles. The lowest BCUT2D eigenvalue weighted by molar-refractivity contribution is 0.0953. The smallest absolute Gasteiger partial charge is 0.251 e. The summed E-state index contributed by atoms with van der Waals surface area (Å²) in [5.74, 6) is 0.884. The van der Waals surface area contributed by atoms with Crippen molar-refractivity contribution >= 4 is 28.5 Å². The number of methoxy groups -OCH3 is 1. The van der Waals surface area contributed by atoms with Crippen LogP contribution in [-0.2, 0) is 6.42 Å². The predicted molar refractivity (Wildman–Crippen MR) is 92.8 cm³/mol. The van der Waals surface area contributed by atoms with Crippen LogP contribution in [0, 0.1) is 3.57 Å². The Kier molecular flexibility index (Phi) is 6.04. The quantitative estimate of drug-likeness (QED) is 0.599. The molecule has 1 N–H and O–H groups in total. The van der Waals surface area contributed by atoms with Crippen LogP contribution in [0.4, 0.5) is 0 Å². The summed E-state index contributed by atoms with van der Waals surface area (Å²) in [5, 5.41) is 2.95. The van der Waals surface area contributed by atoms with Gasteiger partial charge in [0.1, 0.15) is 5.75 Å². The van der Waals surface area contributed by atoms with Crippen LogP contribution in [0.3, 0.4) is 0 Å². The van der Waals surface area contributed by atoms with Crippen molar-refractivity contribution < 1.29 is 9.53 Å². The van der Waals surface area contributed by atoms with Crippen LogP contribution in [0.15, 0.2) is 48.5 Å². The molecule has 1 amide bonds. The Morgan fingerprint density at radius 1 is 1.19 bits per heavy atom. The van der Waals surface area contributed by atoms with Gasteiger partial charge in [-0.3, -0.25) is 4.79 Å². The second-order valence-corrected chi connectivity index (χ2v) is 5.93. The SMILES string of the molecule is COc1ccccc1CCCNC(=O)c1cccc(I)c1. The number of nitrogens with one attached hydrogen (secondary N) is 1. The predicted octanol–water partition coefficient (Wildman–Crippen LogP) is 3.66. The average Bonchev–Trinajstić information content (AvgIpc) is 2.51. The van der Waals surface area contributed by atoms with E-state index in [0.29, 0.717) is 12.1 Å². The molecule has 110 valence electrons. The molecular weight excluding hydrogens is 377 g/mol. The number of hydrogen-bond acceptors (Lipinski definition) is 2. The van der Waals surface area contributed by atoms with E-state index in [1.165, 1.54) is 5.56 Å². The van der Waals surface area contributed by atoms with Gasteiger partial charge in [0.15, 0.2) is 0 Å². The Bertz CT molecular complexity index is 613. The minimum absolute atomic E-state index is 0.0199. The number of carbonyl (C=O) groups excluding carboxylic acids is 1. The van der Waals surface area contributed by atoms with Gasteiger partial charge in [-0.25, -0.2) is 0 Å². The highest BCUT2D eigenvalue weighted by molar-refractivity contribution is 14.1. The Balaban J connectivity index is 1.81. The van der Waals surface area contributed by atoms with Crippen molar-refractivity contribution in [3.8, 4) is 5.75 Å². The van der Waals surface area contributed by atoms with E-state index in [4.69, 9.17) is 4.74 Å². The zero-order valence-corrected chi connectivity index (χ0v) is 14.1. The molecule has 3 nitrogen and oxygen atoms in total. The lowest BCUT2D eigenvalue weighted by Gasteiger charge is -2.09. The second kappa shape index (κ2) is 8.02. The number of ether oxygens (including phenoxy) is 1. The van der Waals surface area contributed by atoms with Crippen molar-refractivity contribution in [1.82, 2.24) is 5.32 Å². The molecule has 0 bridgehead atoms. The van der Waals surface area contributed by atoms with Gasteiger partial charge in [0.25, 0.3) is 5.91 Å². The number of benzene rings is 2. The fourth-order valence-electron chi connectivity index (χ4n) is 2.12. The summed E-state index contributed by atoms with van der Waals surface area (Å²) in [5.41, 5.74) is 1.88.